The number of hydrogen-bond donors (Lipinski definition) is 0. The summed E-state index contributed by atoms with van der Waals surface area (Å²) in [4.78, 5) is 0. The highest BCUT2D eigenvalue weighted by Gasteiger charge is 2.17. The van der Waals surface area contributed by atoms with Crippen LogP contribution in [0.25, 0.3) is 80.3 Å². The third kappa shape index (κ3) is 3.03. The summed E-state index contributed by atoms with van der Waals surface area (Å²) in [6.07, 6.45) is 0. The van der Waals surface area contributed by atoms with Gasteiger partial charge in [-0.3, -0.25) is 0 Å². The number of thiophene rings is 1. The zero-order valence-electron chi connectivity index (χ0n) is 21.6. The minimum absolute atomic E-state index is 1.18. The smallest absolute Gasteiger partial charge is 0.0547 e. The normalized spacial score (nSPS) is 12.0. The van der Waals surface area contributed by atoms with Gasteiger partial charge < -0.3 is 4.57 Å². The predicted octanol–water partition coefficient (Wildman–Crippen LogP) is 11.1. The van der Waals surface area contributed by atoms with E-state index >= 15 is 0 Å². The van der Waals surface area contributed by atoms with E-state index in [2.05, 4.69) is 144 Å². The Morgan fingerprint density at radius 3 is 1.68 bits per heavy atom. The molecule has 0 N–H and O–H groups in total. The second kappa shape index (κ2) is 8.29. The molecule has 2 heterocycles. The Labute approximate surface area is 235 Å². The highest BCUT2D eigenvalue weighted by Crippen LogP contribution is 2.42. The van der Waals surface area contributed by atoms with Gasteiger partial charge in [0, 0.05) is 36.6 Å². The number of fused-ring (bicyclic) bond motifs is 10. The average molecular weight is 526 g/mol. The van der Waals surface area contributed by atoms with Crippen molar-refractivity contribution in [3.63, 3.8) is 0 Å². The molecule has 186 valence electrons. The van der Waals surface area contributed by atoms with Gasteiger partial charge >= 0.3 is 0 Å². The zero-order chi connectivity index (χ0) is 26.2. The van der Waals surface area contributed by atoms with Crippen molar-refractivity contribution < 1.29 is 0 Å². The van der Waals surface area contributed by atoms with E-state index in [4.69, 9.17) is 0 Å². The zero-order valence-corrected chi connectivity index (χ0v) is 22.5. The van der Waals surface area contributed by atoms with Gasteiger partial charge in [-0.2, -0.15) is 0 Å². The summed E-state index contributed by atoms with van der Waals surface area (Å²) in [6, 6.07) is 51.2. The maximum atomic E-state index is 2.44. The standard InChI is InChI=1S/C38H23NS/c1-3-10-28-24(8-1)18-22-33-36(28)37-29-11-4-2-9-25(29)19-23-34(37)39(33)27-20-16-26(17-21-27)30-13-7-14-32-31-12-5-6-15-35(31)40-38(30)32/h1-23H. The van der Waals surface area contributed by atoms with Crippen LogP contribution in [0.2, 0.25) is 0 Å². The van der Waals surface area contributed by atoms with E-state index in [-0.39, 0.29) is 0 Å². The Bertz CT molecular complexity index is 2330. The molecule has 0 spiro atoms. The van der Waals surface area contributed by atoms with Crippen LogP contribution in [0.5, 0.6) is 0 Å². The molecular weight excluding hydrogens is 502 g/mol. The summed E-state index contributed by atoms with van der Waals surface area (Å²) in [5.41, 5.74) is 6.20. The molecule has 0 aliphatic carbocycles. The summed E-state index contributed by atoms with van der Waals surface area (Å²) >= 11 is 1.89. The van der Waals surface area contributed by atoms with Crippen LogP contribution in [0.15, 0.2) is 140 Å². The van der Waals surface area contributed by atoms with Crippen LogP contribution in [-0.4, -0.2) is 4.57 Å². The lowest BCUT2D eigenvalue weighted by Crippen LogP contribution is -1.94. The molecule has 0 radical (unpaired) electrons. The van der Waals surface area contributed by atoms with E-state index in [1.54, 1.807) is 0 Å². The van der Waals surface area contributed by atoms with Gasteiger partial charge in [0.15, 0.2) is 0 Å². The molecule has 0 saturated heterocycles. The van der Waals surface area contributed by atoms with E-state index in [9.17, 15) is 0 Å². The van der Waals surface area contributed by atoms with Gasteiger partial charge in [0.25, 0.3) is 0 Å². The Hall–Kier alpha value is -4.92. The van der Waals surface area contributed by atoms with Gasteiger partial charge in [-0.1, -0.05) is 109 Å². The van der Waals surface area contributed by atoms with E-state index in [0.717, 1.165) is 0 Å². The molecule has 1 nitrogen and oxygen atoms in total. The molecular formula is C38H23NS. The molecule has 0 fully saturated rings. The second-order valence-corrected chi connectivity index (χ2v) is 11.6. The molecule has 2 aromatic heterocycles. The third-order valence-electron chi connectivity index (χ3n) is 8.39. The van der Waals surface area contributed by atoms with Crippen molar-refractivity contribution >= 4 is 74.9 Å². The average Bonchev–Trinajstić information content (AvgIpc) is 3.57. The minimum Gasteiger partial charge on any atom is -0.309 e. The van der Waals surface area contributed by atoms with Gasteiger partial charge in [0.1, 0.15) is 0 Å². The molecule has 0 bridgehead atoms. The van der Waals surface area contributed by atoms with E-state index in [0.29, 0.717) is 0 Å². The highest BCUT2D eigenvalue weighted by molar-refractivity contribution is 7.26. The fourth-order valence-corrected chi connectivity index (χ4v) is 7.83. The number of rotatable bonds is 2. The molecule has 0 amide bonds. The van der Waals surface area contributed by atoms with Gasteiger partial charge in [-0.15, -0.1) is 11.3 Å². The van der Waals surface area contributed by atoms with Crippen molar-refractivity contribution in [1.82, 2.24) is 4.57 Å². The summed E-state index contributed by atoms with van der Waals surface area (Å²) in [5.74, 6) is 0. The van der Waals surface area contributed by atoms with Crippen molar-refractivity contribution in [2.75, 3.05) is 0 Å². The van der Waals surface area contributed by atoms with Gasteiger partial charge in [0.2, 0.25) is 0 Å². The van der Waals surface area contributed by atoms with Gasteiger partial charge in [0.05, 0.1) is 11.0 Å². The molecule has 9 aromatic rings. The van der Waals surface area contributed by atoms with E-state index in [1.165, 1.54) is 80.3 Å². The third-order valence-corrected chi connectivity index (χ3v) is 9.61. The van der Waals surface area contributed by atoms with Gasteiger partial charge in [-0.05, 0) is 63.0 Å². The maximum Gasteiger partial charge on any atom is 0.0547 e. The molecule has 2 heteroatoms. The SMILES string of the molecule is c1ccc2c(c1)ccc1c2c2c3ccccc3ccc2n1-c1ccc(-c2cccc3c2sc2ccccc23)cc1. The minimum atomic E-state index is 1.18. The molecule has 9 rings (SSSR count). The Morgan fingerprint density at radius 1 is 0.425 bits per heavy atom. The number of aromatic nitrogens is 1. The number of benzene rings is 7. The van der Waals surface area contributed by atoms with Crippen LogP contribution < -0.4 is 0 Å². The summed E-state index contributed by atoms with van der Waals surface area (Å²) < 4.78 is 5.13. The molecule has 0 saturated carbocycles. The lowest BCUT2D eigenvalue weighted by Gasteiger charge is -2.10. The van der Waals surface area contributed by atoms with E-state index in [1.807, 2.05) is 11.3 Å². The van der Waals surface area contributed by atoms with Crippen LogP contribution >= 0.6 is 11.3 Å². The van der Waals surface area contributed by atoms with Crippen molar-refractivity contribution in [3.05, 3.63) is 140 Å². The quantitative estimate of drug-likeness (QED) is 0.211. The lowest BCUT2D eigenvalue weighted by molar-refractivity contribution is 1.18. The largest absolute Gasteiger partial charge is 0.309 e. The van der Waals surface area contributed by atoms with Crippen molar-refractivity contribution in [1.29, 1.82) is 0 Å². The Kier molecular flexibility index (Phi) is 4.55. The van der Waals surface area contributed by atoms with Crippen LogP contribution in [-0.2, 0) is 0 Å². The Balaban J connectivity index is 1.30. The van der Waals surface area contributed by atoms with Gasteiger partial charge in [-0.25, -0.2) is 0 Å². The van der Waals surface area contributed by atoms with Crippen molar-refractivity contribution in [2.24, 2.45) is 0 Å². The first-order valence-electron chi connectivity index (χ1n) is 13.7. The number of hydrogen-bond acceptors (Lipinski definition) is 1. The van der Waals surface area contributed by atoms with E-state index < -0.39 is 0 Å². The van der Waals surface area contributed by atoms with Crippen LogP contribution in [0, 0.1) is 0 Å². The predicted molar refractivity (Wildman–Crippen MR) is 174 cm³/mol. The van der Waals surface area contributed by atoms with Crippen molar-refractivity contribution in [3.8, 4) is 16.8 Å². The molecule has 40 heavy (non-hydrogen) atoms. The second-order valence-electron chi connectivity index (χ2n) is 10.5. The first-order chi connectivity index (χ1) is 19.8. The summed E-state index contributed by atoms with van der Waals surface area (Å²) in [5, 5.41) is 10.5. The molecule has 0 aliphatic heterocycles. The monoisotopic (exact) mass is 525 g/mol. The molecule has 7 aromatic carbocycles. The first-order valence-corrected chi connectivity index (χ1v) is 14.5. The van der Waals surface area contributed by atoms with Crippen LogP contribution in [0.3, 0.4) is 0 Å². The lowest BCUT2D eigenvalue weighted by atomic mass is 10.00. The highest BCUT2D eigenvalue weighted by atomic mass is 32.1. The number of nitrogens with zero attached hydrogens (tertiary/aromatic N) is 1. The summed E-state index contributed by atoms with van der Waals surface area (Å²) in [6.45, 7) is 0. The molecule has 0 aliphatic rings. The first kappa shape index (κ1) is 22.0. The molecule has 0 atom stereocenters. The summed E-state index contributed by atoms with van der Waals surface area (Å²) in [7, 11) is 0. The Morgan fingerprint density at radius 2 is 1.00 bits per heavy atom. The topological polar surface area (TPSA) is 4.93 Å². The van der Waals surface area contributed by atoms with Crippen LogP contribution in [0.4, 0.5) is 0 Å². The van der Waals surface area contributed by atoms with Crippen molar-refractivity contribution in [2.45, 2.75) is 0 Å². The fraction of sp³-hybridized carbons (Fsp3) is 0. The fourth-order valence-electron chi connectivity index (χ4n) is 6.59. The van der Waals surface area contributed by atoms with Crippen LogP contribution in [0.1, 0.15) is 0 Å². The molecule has 0 unspecified atom stereocenters. The maximum absolute atomic E-state index is 2.44.